The zero-order chi connectivity index (χ0) is 14.2. The molecule has 0 fully saturated rings. The first kappa shape index (κ1) is 13.7. The van der Waals surface area contributed by atoms with Crippen LogP contribution in [0.5, 0.6) is 5.75 Å². The molecule has 0 radical (unpaired) electrons. The molecule has 0 amide bonds. The van der Waals surface area contributed by atoms with Gasteiger partial charge in [0.1, 0.15) is 5.75 Å². The summed E-state index contributed by atoms with van der Waals surface area (Å²) in [5.41, 5.74) is 5.98. The van der Waals surface area contributed by atoms with E-state index in [9.17, 15) is 0 Å². The van der Waals surface area contributed by atoms with Gasteiger partial charge in [-0.3, -0.25) is 4.68 Å². The van der Waals surface area contributed by atoms with Crippen LogP contribution >= 0.6 is 0 Å². The van der Waals surface area contributed by atoms with Crippen LogP contribution in [-0.2, 0) is 0 Å². The fourth-order valence-electron chi connectivity index (χ4n) is 2.42. The van der Waals surface area contributed by atoms with Gasteiger partial charge in [0.2, 0.25) is 0 Å². The van der Waals surface area contributed by atoms with Crippen molar-refractivity contribution in [2.45, 2.75) is 40.7 Å². The summed E-state index contributed by atoms with van der Waals surface area (Å²) in [6.07, 6.45) is 4.01. The first-order valence-corrected chi connectivity index (χ1v) is 6.65. The van der Waals surface area contributed by atoms with Gasteiger partial charge in [0.15, 0.2) is 0 Å². The van der Waals surface area contributed by atoms with Crippen molar-refractivity contribution in [2.24, 2.45) is 0 Å². The Balaban J connectivity index is 2.65. The number of nitrogens with zero attached hydrogens (tertiary/aromatic N) is 2. The molecule has 0 spiro atoms. The maximum absolute atomic E-state index is 5.60. The highest BCUT2D eigenvalue weighted by Crippen LogP contribution is 2.37. The number of benzene rings is 1. The Morgan fingerprint density at radius 3 is 2.37 bits per heavy atom. The van der Waals surface area contributed by atoms with Crippen molar-refractivity contribution in [1.29, 1.82) is 0 Å². The molecule has 102 valence electrons. The molecule has 0 aliphatic heterocycles. The molecule has 0 saturated carbocycles. The standard InChI is InChI=1S/C16H22N2O/c1-10(2)18-9-14(8-17-18)15-13(5)11(3)7-12(4)16(15)19-6/h7-10H,1-6H3. The molecule has 0 aliphatic rings. The molecule has 2 aromatic rings. The van der Waals surface area contributed by atoms with E-state index in [-0.39, 0.29) is 0 Å². The van der Waals surface area contributed by atoms with Gasteiger partial charge in [-0.1, -0.05) is 6.07 Å². The minimum Gasteiger partial charge on any atom is -0.496 e. The van der Waals surface area contributed by atoms with E-state index in [0.29, 0.717) is 6.04 Å². The zero-order valence-corrected chi connectivity index (χ0v) is 12.6. The predicted octanol–water partition coefficient (Wildman–Crippen LogP) is 4.06. The molecule has 0 unspecified atom stereocenters. The van der Waals surface area contributed by atoms with Crippen LogP contribution in [0.1, 0.15) is 36.6 Å². The number of ether oxygens (including phenoxy) is 1. The summed E-state index contributed by atoms with van der Waals surface area (Å²) < 4.78 is 7.58. The Labute approximate surface area is 115 Å². The van der Waals surface area contributed by atoms with E-state index in [0.717, 1.165) is 22.4 Å². The third kappa shape index (κ3) is 2.37. The highest BCUT2D eigenvalue weighted by molar-refractivity contribution is 5.76. The van der Waals surface area contributed by atoms with Crippen molar-refractivity contribution in [3.8, 4) is 16.9 Å². The van der Waals surface area contributed by atoms with Crippen LogP contribution in [0, 0.1) is 20.8 Å². The molecule has 0 aliphatic carbocycles. The van der Waals surface area contributed by atoms with E-state index in [1.165, 1.54) is 11.1 Å². The lowest BCUT2D eigenvalue weighted by Gasteiger charge is -2.15. The number of methoxy groups -OCH3 is 1. The van der Waals surface area contributed by atoms with E-state index in [1.54, 1.807) is 7.11 Å². The van der Waals surface area contributed by atoms with Crippen LogP contribution in [0.25, 0.3) is 11.1 Å². The van der Waals surface area contributed by atoms with Gasteiger partial charge in [0.05, 0.1) is 13.3 Å². The van der Waals surface area contributed by atoms with Gasteiger partial charge in [-0.2, -0.15) is 5.10 Å². The molecule has 3 nitrogen and oxygen atoms in total. The number of hydrogen-bond acceptors (Lipinski definition) is 2. The normalized spacial score (nSPS) is 11.1. The minimum atomic E-state index is 0.367. The third-order valence-electron chi connectivity index (χ3n) is 3.61. The van der Waals surface area contributed by atoms with E-state index in [2.05, 4.69) is 52.0 Å². The first-order chi connectivity index (χ1) is 8.95. The molecule has 0 N–H and O–H groups in total. The largest absolute Gasteiger partial charge is 0.496 e. The summed E-state index contributed by atoms with van der Waals surface area (Å²) in [5, 5.41) is 4.43. The number of aromatic nitrogens is 2. The minimum absolute atomic E-state index is 0.367. The average molecular weight is 258 g/mol. The Kier molecular flexibility index (Phi) is 3.65. The van der Waals surface area contributed by atoms with Crippen LogP contribution in [0.4, 0.5) is 0 Å². The fourth-order valence-corrected chi connectivity index (χ4v) is 2.42. The Bertz CT molecular complexity index is 597. The second-order valence-corrected chi connectivity index (χ2v) is 5.35. The van der Waals surface area contributed by atoms with Crippen molar-refractivity contribution >= 4 is 0 Å². The van der Waals surface area contributed by atoms with Gasteiger partial charge in [-0.15, -0.1) is 0 Å². The van der Waals surface area contributed by atoms with Crippen LogP contribution in [0.15, 0.2) is 18.5 Å². The highest BCUT2D eigenvalue weighted by atomic mass is 16.5. The summed E-state index contributed by atoms with van der Waals surface area (Å²) in [5.74, 6) is 0.950. The Hall–Kier alpha value is -1.77. The summed E-state index contributed by atoms with van der Waals surface area (Å²) in [4.78, 5) is 0. The molecule has 3 heteroatoms. The van der Waals surface area contributed by atoms with E-state index in [4.69, 9.17) is 4.74 Å². The number of rotatable bonds is 3. The number of aryl methyl sites for hydroxylation is 2. The molecule has 0 atom stereocenters. The predicted molar refractivity (Wildman–Crippen MR) is 78.8 cm³/mol. The molecular formula is C16H22N2O. The van der Waals surface area contributed by atoms with Crippen molar-refractivity contribution in [2.75, 3.05) is 7.11 Å². The molecule has 1 aromatic heterocycles. The summed E-state index contributed by atoms with van der Waals surface area (Å²) in [6, 6.07) is 2.54. The van der Waals surface area contributed by atoms with Gasteiger partial charge >= 0.3 is 0 Å². The SMILES string of the molecule is COc1c(C)cc(C)c(C)c1-c1cnn(C(C)C)c1. The topological polar surface area (TPSA) is 27.1 Å². The lowest BCUT2D eigenvalue weighted by molar-refractivity contribution is 0.413. The monoisotopic (exact) mass is 258 g/mol. The third-order valence-corrected chi connectivity index (χ3v) is 3.61. The zero-order valence-electron chi connectivity index (χ0n) is 12.6. The van der Waals surface area contributed by atoms with Crippen molar-refractivity contribution in [1.82, 2.24) is 9.78 Å². The number of hydrogen-bond donors (Lipinski definition) is 0. The van der Waals surface area contributed by atoms with Gasteiger partial charge in [0, 0.05) is 23.4 Å². The van der Waals surface area contributed by atoms with Crippen LogP contribution in [-0.4, -0.2) is 16.9 Å². The van der Waals surface area contributed by atoms with Crippen molar-refractivity contribution in [3.05, 3.63) is 35.2 Å². The maximum Gasteiger partial charge on any atom is 0.129 e. The molecule has 0 saturated heterocycles. The van der Waals surface area contributed by atoms with E-state index >= 15 is 0 Å². The smallest absolute Gasteiger partial charge is 0.129 e. The lowest BCUT2D eigenvalue weighted by Crippen LogP contribution is -2.00. The quantitative estimate of drug-likeness (QED) is 0.830. The molecule has 0 bridgehead atoms. The van der Waals surface area contributed by atoms with E-state index < -0.39 is 0 Å². The van der Waals surface area contributed by atoms with Crippen molar-refractivity contribution < 1.29 is 4.74 Å². The van der Waals surface area contributed by atoms with Gasteiger partial charge < -0.3 is 4.74 Å². The van der Waals surface area contributed by atoms with Gasteiger partial charge in [-0.25, -0.2) is 0 Å². The summed E-state index contributed by atoms with van der Waals surface area (Å²) >= 11 is 0. The van der Waals surface area contributed by atoms with Crippen LogP contribution < -0.4 is 4.74 Å². The summed E-state index contributed by atoms with van der Waals surface area (Å²) in [6.45, 7) is 10.6. The average Bonchev–Trinajstić information content (AvgIpc) is 2.82. The van der Waals surface area contributed by atoms with Crippen LogP contribution in [0.3, 0.4) is 0 Å². The Morgan fingerprint density at radius 2 is 1.84 bits per heavy atom. The molecular weight excluding hydrogens is 236 g/mol. The fraction of sp³-hybridized carbons (Fsp3) is 0.438. The summed E-state index contributed by atoms with van der Waals surface area (Å²) in [7, 11) is 1.73. The highest BCUT2D eigenvalue weighted by Gasteiger charge is 2.16. The van der Waals surface area contributed by atoms with Gasteiger partial charge in [-0.05, 0) is 51.3 Å². The second-order valence-electron chi connectivity index (χ2n) is 5.35. The van der Waals surface area contributed by atoms with Crippen molar-refractivity contribution in [3.63, 3.8) is 0 Å². The molecule has 1 aromatic carbocycles. The molecule has 19 heavy (non-hydrogen) atoms. The molecule has 2 rings (SSSR count). The second kappa shape index (κ2) is 5.08. The molecule has 1 heterocycles. The van der Waals surface area contributed by atoms with E-state index in [1.807, 2.05) is 10.9 Å². The van der Waals surface area contributed by atoms with Gasteiger partial charge in [0.25, 0.3) is 0 Å². The van der Waals surface area contributed by atoms with Crippen LogP contribution in [0.2, 0.25) is 0 Å². The first-order valence-electron chi connectivity index (χ1n) is 6.65. The Morgan fingerprint density at radius 1 is 1.16 bits per heavy atom. The maximum atomic E-state index is 5.60. The lowest BCUT2D eigenvalue weighted by atomic mass is 9.95.